The summed E-state index contributed by atoms with van der Waals surface area (Å²) in [5.41, 5.74) is 1.26. The van der Waals surface area contributed by atoms with Crippen LogP contribution in [-0.4, -0.2) is 49.0 Å². The molecule has 3 rings (SSSR count). The van der Waals surface area contributed by atoms with E-state index < -0.39 is 11.9 Å². The summed E-state index contributed by atoms with van der Waals surface area (Å²) in [5.74, 6) is 0.313. The lowest BCUT2D eigenvalue weighted by Crippen LogP contribution is -2.50. The molecule has 2 aliphatic heterocycles. The number of ether oxygens (including phenoxy) is 3. The van der Waals surface area contributed by atoms with Crippen LogP contribution in [0.1, 0.15) is 32.3 Å². The molecule has 23 heavy (non-hydrogen) atoms. The highest BCUT2D eigenvalue weighted by Gasteiger charge is 2.41. The molecule has 1 amide bonds. The zero-order valence-corrected chi connectivity index (χ0v) is 13.9. The van der Waals surface area contributed by atoms with Gasteiger partial charge in [0.1, 0.15) is 5.75 Å². The van der Waals surface area contributed by atoms with Crippen molar-refractivity contribution in [1.29, 1.82) is 0 Å². The Hall–Kier alpha value is -1.59. The molecular weight excluding hydrogens is 294 g/mol. The summed E-state index contributed by atoms with van der Waals surface area (Å²) in [6.45, 7) is 6.54. The van der Waals surface area contributed by atoms with Crippen LogP contribution in [0.5, 0.6) is 5.75 Å². The Kier molecular flexibility index (Phi) is 4.87. The lowest BCUT2D eigenvalue weighted by atomic mass is 10.0. The number of benzene rings is 1. The first-order valence-corrected chi connectivity index (χ1v) is 8.44. The molecule has 0 saturated carbocycles. The number of carbonyl (C=O) groups is 1. The fourth-order valence-electron chi connectivity index (χ4n) is 3.17. The molecule has 2 aliphatic rings. The Balaban J connectivity index is 1.53. The van der Waals surface area contributed by atoms with Gasteiger partial charge in [-0.05, 0) is 31.0 Å². The molecule has 1 aromatic rings. The average Bonchev–Trinajstić information content (AvgIpc) is 3.03. The molecule has 0 bridgehead atoms. The first-order chi connectivity index (χ1) is 11.1. The molecule has 1 aromatic carbocycles. The molecule has 1 atom stereocenters. The van der Waals surface area contributed by atoms with Gasteiger partial charge in [0.05, 0.1) is 13.2 Å². The Morgan fingerprint density at radius 2 is 1.83 bits per heavy atom. The van der Waals surface area contributed by atoms with Crippen molar-refractivity contribution in [1.82, 2.24) is 4.90 Å². The SMILES string of the molecule is CCc1ccc(O[C@H](C)C(=O)N2CCC3(CC2)OCCO3)cc1. The van der Waals surface area contributed by atoms with E-state index in [1.54, 1.807) is 0 Å². The van der Waals surface area contributed by atoms with Crippen LogP contribution in [0.2, 0.25) is 0 Å². The van der Waals surface area contributed by atoms with Gasteiger partial charge in [-0.2, -0.15) is 0 Å². The van der Waals surface area contributed by atoms with E-state index in [2.05, 4.69) is 6.92 Å². The highest BCUT2D eigenvalue weighted by molar-refractivity contribution is 5.81. The highest BCUT2D eigenvalue weighted by Crippen LogP contribution is 2.31. The summed E-state index contributed by atoms with van der Waals surface area (Å²) in [4.78, 5) is 14.4. The molecule has 5 heteroatoms. The van der Waals surface area contributed by atoms with Crippen molar-refractivity contribution in [3.63, 3.8) is 0 Å². The second kappa shape index (κ2) is 6.89. The highest BCUT2D eigenvalue weighted by atomic mass is 16.7. The summed E-state index contributed by atoms with van der Waals surface area (Å²) in [7, 11) is 0. The summed E-state index contributed by atoms with van der Waals surface area (Å²) in [5, 5.41) is 0. The van der Waals surface area contributed by atoms with E-state index in [9.17, 15) is 4.79 Å². The molecule has 5 nitrogen and oxygen atoms in total. The number of hydrogen-bond donors (Lipinski definition) is 0. The molecule has 2 heterocycles. The van der Waals surface area contributed by atoms with Gasteiger partial charge in [-0.25, -0.2) is 0 Å². The van der Waals surface area contributed by atoms with Crippen molar-refractivity contribution in [2.24, 2.45) is 0 Å². The zero-order valence-electron chi connectivity index (χ0n) is 13.9. The predicted octanol–water partition coefficient (Wildman–Crippen LogP) is 2.38. The largest absolute Gasteiger partial charge is 0.481 e. The number of nitrogens with zero attached hydrogens (tertiary/aromatic N) is 1. The number of aryl methyl sites for hydroxylation is 1. The van der Waals surface area contributed by atoms with Crippen LogP contribution in [-0.2, 0) is 20.7 Å². The van der Waals surface area contributed by atoms with E-state index in [1.807, 2.05) is 36.1 Å². The standard InChI is InChI=1S/C18H25NO4/c1-3-15-4-6-16(7-5-15)23-14(2)17(20)19-10-8-18(9-11-19)21-12-13-22-18/h4-7,14H,3,8-13H2,1-2H3/t14-/m1/s1. The van der Waals surface area contributed by atoms with E-state index in [0.29, 0.717) is 26.3 Å². The molecule has 2 fully saturated rings. The summed E-state index contributed by atoms with van der Waals surface area (Å²) in [6.07, 6.45) is 1.98. The van der Waals surface area contributed by atoms with Gasteiger partial charge < -0.3 is 19.1 Å². The van der Waals surface area contributed by atoms with Gasteiger partial charge in [0.15, 0.2) is 11.9 Å². The normalized spacial score (nSPS) is 21.4. The molecule has 1 spiro atoms. The van der Waals surface area contributed by atoms with Gasteiger partial charge in [-0.15, -0.1) is 0 Å². The lowest BCUT2D eigenvalue weighted by Gasteiger charge is -2.38. The van der Waals surface area contributed by atoms with Crippen LogP contribution in [0.25, 0.3) is 0 Å². The number of likely N-dealkylation sites (tertiary alicyclic amines) is 1. The van der Waals surface area contributed by atoms with E-state index >= 15 is 0 Å². The number of hydrogen-bond acceptors (Lipinski definition) is 4. The number of rotatable bonds is 4. The quantitative estimate of drug-likeness (QED) is 0.855. The molecular formula is C18H25NO4. The van der Waals surface area contributed by atoms with Gasteiger partial charge >= 0.3 is 0 Å². The van der Waals surface area contributed by atoms with Crippen molar-refractivity contribution in [2.75, 3.05) is 26.3 Å². The minimum atomic E-state index is -0.484. The Labute approximate surface area is 137 Å². The van der Waals surface area contributed by atoms with Crippen molar-refractivity contribution >= 4 is 5.91 Å². The van der Waals surface area contributed by atoms with E-state index in [4.69, 9.17) is 14.2 Å². The van der Waals surface area contributed by atoms with Crippen molar-refractivity contribution in [3.05, 3.63) is 29.8 Å². The Morgan fingerprint density at radius 1 is 1.22 bits per heavy atom. The second-order valence-electron chi connectivity index (χ2n) is 6.19. The fourth-order valence-corrected chi connectivity index (χ4v) is 3.17. The zero-order chi connectivity index (χ0) is 16.3. The smallest absolute Gasteiger partial charge is 0.263 e. The van der Waals surface area contributed by atoms with Crippen molar-refractivity contribution in [2.45, 2.75) is 45.0 Å². The van der Waals surface area contributed by atoms with Crippen LogP contribution in [0.15, 0.2) is 24.3 Å². The van der Waals surface area contributed by atoms with Crippen LogP contribution >= 0.6 is 0 Å². The second-order valence-corrected chi connectivity index (χ2v) is 6.19. The number of piperidine rings is 1. The fraction of sp³-hybridized carbons (Fsp3) is 0.611. The van der Waals surface area contributed by atoms with Gasteiger partial charge in [0.25, 0.3) is 5.91 Å². The Morgan fingerprint density at radius 3 is 2.39 bits per heavy atom. The third-order valence-electron chi connectivity index (χ3n) is 4.64. The van der Waals surface area contributed by atoms with Crippen molar-refractivity contribution in [3.8, 4) is 5.75 Å². The maximum Gasteiger partial charge on any atom is 0.263 e. The monoisotopic (exact) mass is 319 g/mol. The van der Waals surface area contributed by atoms with E-state index in [1.165, 1.54) is 5.56 Å². The number of amides is 1. The van der Waals surface area contributed by atoms with Gasteiger partial charge in [0.2, 0.25) is 0 Å². The Bertz CT molecular complexity index is 526. The predicted molar refractivity (Wildman–Crippen MR) is 86.4 cm³/mol. The van der Waals surface area contributed by atoms with Gasteiger partial charge in [0, 0.05) is 25.9 Å². The van der Waals surface area contributed by atoms with Crippen LogP contribution in [0, 0.1) is 0 Å². The first kappa shape index (κ1) is 16.3. The third-order valence-corrected chi connectivity index (χ3v) is 4.64. The minimum absolute atomic E-state index is 0.0254. The molecule has 0 unspecified atom stereocenters. The van der Waals surface area contributed by atoms with Gasteiger partial charge in [-0.1, -0.05) is 19.1 Å². The molecule has 126 valence electrons. The van der Waals surface area contributed by atoms with E-state index in [-0.39, 0.29) is 5.91 Å². The number of carbonyl (C=O) groups excluding carboxylic acids is 1. The molecule has 0 aromatic heterocycles. The molecule has 0 N–H and O–H groups in total. The maximum absolute atomic E-state index is 12.5. The molecule has 0 radical (unpaired) electrons. The first-order valence-electron chi connectivity index (χ1n) is 8.44. The maximum atomic E-state index is 12.5. The van der Waals surface area contributed by atoms with Crippen LogP contribution < -0.4 is 4.74 Å². The average molecular weight is 319 g/mol. The summed E-state index contributed by atoms with van der Waals surface area (Å²) >= 11 is 0. The van der Waals surface area contributed by atoms with Crippen LogP contribution in [0.4, 0.5) is 0 Å². The minimum Gasteiger partial charge on any atom is -0.481 e. The van der Waals surface area contributed by atoms with E-state index in [0.717, 1.165) is 25.0 Å². The van der Waals surface area contributed by atoms with Crippen LogP contribution in [0.3, 0.4) is 0 Å². The van der Waals surface area contributed by atoms with Crippen molar-refractivity contribution < 1.29 is 19.0 Å². The topological polar surface area (TPSA) is 48.0 Å². The lowest BCUT2D eigenvalue weighted by molar-refractivity contribution is -0.188. The third kappa shape index (κ3) is 3.67. The molecule has 2 saturated heterocycles. The van der Waals surface area contributed by atoms with Gasteiger partial charge in [-0.3, -0.25) is 4.79 Å². The summed E-state index contributed by atoms with van der Waals surface area (Å²) in [6, 6.07) is 7.92. The summed E-state index contributed by atoms with van der Waals surface area (Å²) < 4.78 is 17.2. The molecule has 0 aliphatic carbocycles.